The molecule has 2 aromatic rings. The zero-order valence-electron chi connectivity index (χ0n) is 18.5. The fourth-order valence-electron chi connectivity index (χ4n) is 4.77. The molecule has 7 heteroatoms. The molecule has 2 saturated heterocycles. The van der Waals surface area contributed by atoms with E-state index >= 15 is 0 Å². The zero-order valence-corrected chi connectivity index (χ0v) is 19.3. The van der Waals surface area contributed by atoms with Gasteiger partial charge in [0.25, 0.3) is 0 Å². The second-order valence-corrected chi connectivity index (χ2v) is 9.66. The van der Waals surface area contributed by atoms with Gasteiger partial charge in [0.15, 0.2) is 5.82 Å². The topological polar surface area (TPSA) is 59.8 Å². The first-order valence-corrected chi connectivity index (χ1v) is 12.5. The Morgan fingerprint density at radius 3 is 2.37 bits per heavy atom. The summed E-state index contributed by atoms with van der Waals surface area (Å²) in [6.45, 7) is 9.62. The number of hydrogen-bond acceptors (Lipinski definition) is 6. The quantitative estimate of drug-likeness (QED) is 0.734. The van der Waals surface area contributed by atoms with E-state index in [1.54, 1.807) is 4.90 Å². The predicted molar refractivity (Wildman–Crippen MR) is 122 cm³/mol. The minimum Gasteiger partial charge on any atom is -0.462 e. The largest absolute Gasteiger partial charge is 0.462 e. The summed E-state index contributed by atoms with van der Waals surface area (Å²) >= 11 is 1.47. The average molecular weight is 432 g/mol. The molecule has 2 aliphatic rings. The maximum Gasteiger partial charge on any atom is 0.348 e. The van der Waals surface area contributed by atoms with Crippen molar-refractivity contribution in [3.05, 3.63) is 16.3 Å². The number of nitrogens with zero attached hydrogens (tertiary/aromatic N) is 3. The van der Waals surface area contributed by atoms with Gasteiger partial charge in [0.1, 0.15) is 22.1 Å². The van der Waals surface area contributed by atoms with E-state index in [1.165, 1.54) is 75.8 Å². The first kappa shape index (κ1) is 21.5. The Bertz CT molecular complexity index is 866. The molecule has 0 aromatic carbocycles. The first-order valence-electron chi connectivity index (χ1n) is 11.7. The monoisotopic (exact) mass is 431 g/mol. The van der Waals surface area contributed by atoms with Gasteiger partial charge in [0.2, 0.25) is 0 Å². The fourth-order valence-corrected chi connectivity index (χ4v) is 5.86. The number of hydrogen-bond donors (Lipinski definition) is 1. The molecule has 30 heavy (non-hydrogen) atoms. The summed E-state index contributed by atoms with van der Waals surface area (Å²) in [5, 5.41) is 1.06. The molecular weight excluding hydrogens is 396 g/mol. The van der Waals surface area contributed by atoms with Crippen LogP contribution in [0.1, 0.15) is 79.3 Å². The number of rotatable bonds is 5. The van der Waals surface area contributed by atoms with Crippen LogP contribution in [-0.2, 0) is 11.3 Å². The van der Waals surface area contributed by atoms with Crippen LogP contribution in [0.15, 0.2) is 0 Å². The highest BCUT2D eigenvalue weighted by Crippen LogP contribution is 2.36. The molecule has 0 saturated carbocycles. The van der Waals surface area contributed by atoms with Crippen LogP contribution in [0.5, 0.6) is 0 Å². The number of thiophene rings is 1. The molecule has 0 spiro atoms. The number of esters is 1. The van der Waals surface area contributed by atoms with Crippen molar-refractivity contribution in [1.82, 2.24) is 9.97 Å². The lowest BCUT2D eigenvalue weighted by molar-refractivity contribution is -0.913. The summed E-state index contributed by atoms with van der Waals surface area (Å²) in [6.07, 6.45) is 10.2. The molecule has 0 atom stereocenters. The summed E-state index contributed by atoms with van der Waals surface area (Å²) in [5.41, 5.74) is 0.973. The SMILES string of the molecule is CCOC(=O)c1sc2nc(C[NH+]3CCCCCC3)nc(N3CCCCCC3)c2c1C. The van der Waals surface area contributed by atoms with E-state index in [2.05, 4.69) is 4.90 Å². The van der Waals surface area contributed by atoms with Gasteiger partial charge >= 0.3 is 5.97 Å². The van der Waals surface area contributed by atoms with E-state index in [0.717, 1.165) is 47.1 Å². The molecule has 0 aliphatic carbocycles. The molecule has 2 aliphatic heterocycles. The molecule has 164 valence electrons. The summed E-state index contributed by atoms with van der Waals surface area (Å²) < 4.78 is 5.31. The third-order valence-electron chi connectivity index (χ3n) is 6.40. The lowest BCUT2D eigenvalue weighted by Crippen LogP contribution is -3.10. The Kier molecular flexibility index (Phi) is 7.20. The van der Waals surface area contributed by atoms with Gasteiger partial charge in [-0.15, -0.1) is 11.3 Å². The predicted octanol–water partition coefficient (Wildman–Crippen LogP) is 3.52. The van der Waals surface area contributed by atoms with E-state index in [1.807, 2.05) is 13.8 Å². The Morgan fingerprint density at radius 1 is 1.03 bits per heavy atom. The van der Waals surface area contributed by atoms with Crippen LogP contribution in [0, 0.1) is 6.92 Å². The second kappa shape index (κ2) is 10.1. The Hall–Kier alpha value is -1.73. The van der Waals surface area contributed by atoms with Crippen LogP contribution < -0.4 is 9.80 Å². The van der Waals surface area contributed by atoms with E-state index in [9.17, 15) is 4.79 Å². The van der Waals surface area contributed by atoms with E-state index < -0.39 is 0 Å². The summed E-state index contributed by atoms with van der Waals surface area (Å²) in [4.78, 5) is 28.3. The summed E-state index contributed by atoms with van der Waals surface area (Å²) in [5.74, 6) is 1.73. The molecule has 0 unspecified atom stereocenters. The van der Waals surface area contributed by atoms with Crippen LogP contribution in [0.25, 0.3) is 10.2 Å². The van der Waals surface area contributed by atoms with Gasteiger partial charge in [0.05, 0.1) is 25.1 Å². The summed E-state index contributed by atoms with van der Waals surface area (Å²) in [6, 6.07) is 0. The van der Waals surface area contributed by atoms with Crippen molar-refractivity contribution in [2.24, 2.45) is 0 Å². The third-order valence-corrected chi connectivity index (χ3v) is 7.57. The average Bonchev–Trinajstić information content (AvgIpc) is 2.99. The highest BCUT2D eigenvalue weighted by molar-refractivity contribution is 7.20. The number of aromatic nitrogens is 2. The Labute approximate surface area is 183 Å². The van der Waals surface area contributed by atoms with Crippen molar-refractivity contribution in [1.29, 1.82) is 0 Å². The van der Waals surface area contributed by atoms with Gasteiger partial charge in [-0.1, -0.05) is 12.8 Å². The molecule has 6 nitrogen and oxygen atoms in total. The van der Waals surface area contributed by atoms with E-state index in [-0.39, 0.29) is 5.97 Å². The fraction of sp³-hybridized carbons (Fsp3) is 0.696. The second-order valence-electron chi connectivity index (χ2n) is 8.66. The molecule has 2 aromatic heterocycles. The van der Waals surface area contributed by atoms with E-state index in [0.29, 0.717) is 11.5 Å². The minimum absolute atomic E-state index is 0.237. The van der Waals surface area contributed by atoms with Crippen LogP contribution in [0.4, 0.5) is 5.82 Å². The lowest BCUT2D eigenvalue weighted by atomic mass is 10.2. The number of likely N-dealkylation sites (tertiary alicyclic amines) is 1. The van der Waals surface area contributed by atoms with Crippen molar-refractivity contribution in [2.75, 3.05) is 37.7 Å². The van der Waals surface area contributed by atoms with Gasteiger partial charge in [-0.2, -0.15) is 0 Å². The molecule has 1 N–H and O–H groups in total. The molecule has 4 rings (SSSR count). The van der Waals surface area contributed by atoms with Crippen LogP contribution in [0.3, 0.4) is 0 Å². The van der Waals surface area contributed by atoms with Crippen LogP contribution in [-0.4, -0.2) is 48.7 Å². The maximum absolute atomic E-state index is 12.5. The number of nitrogens with one attached hydrogen (secondary N) is 1. The highest BCUT2D eigenvalue weighted by atomic mass is 32.1. The maximum atomic E-state index is 12.5. The Morgan fingerprint density at radius 2 is 1.70 bits per heavy atom. The molecule has 4 heterocycles. The van der Waals surface area contributed by atoms with Crippen molar-refractivity contribution < 1.29 is 14.4 Å². The van der Waals surface area contributed by atoms with Crippen molar-refractivity contribution >= 4 is 33.3 Å². The molecule has 0 radical (unpaired) electrons. The number of carbonyl (C=O) groups is 1. The van der Waals surface area contributed by atoms with Crippen molar-refractivity contribution in [3.8, 4) is 0 Å². The highest BCUT2D eigenvalue weighted by Gasteiger charge is 2.25. The third kappa shape index (κ3) is 4.78. The number of anilines is 1. The normalized spacial score (nSPS) is 18.9. The van der Waals surface area contributed by atoms with Crippen molar-refractivity contribution in [3.63, 3.8) is 0 Å². The number of carbonyl (C=O) groups excluding carboxylic acids is 1. The number of ether oxygens (including phenoxy) is 1. The van der Waals surface area contributed by atoms with Crippen LogP contribution in [0.2, 0.25) is 0 Å². The van der Waals surface area contributed by atoms with Gasteiger partial charge in [-0.25, -0.2) is 14.8 Å². The lowest BCUT2D eigenvalue weighted by Gasteiger charge is -2.24. The van der Waals surface area contributed by atoms with Crippen molar-refractivity contribution in [2.45, 2.75) is 71.8 Å². The zero-order chi connectivity index (χ0) is 20.9. The molecule has 0 bridgehead atoms. The molecule has 2 fully saturated rings. The minimum atomic E-state index is -0.237. The smallest absolute Gasteiger partial charge is 0.348 e. The van der Waals surface area contributed by atoms with Crippen LogP contribution >= 0.6 is 11.3 Å². The number of aryl methyl sites for hydroxylation is 1. The van der Waals surface area contributed by atoms with Gasteiger partial charge in [0, 0.05) is 13.1 Å². The summed E-state index contributed by atoms with van der Waals surface area (Å²) in [7, 11) is 0. The Balaban J connectivity index is 1.74. The molecular formula is C23H35N4O2S+. The number of fused-ring (bicyclic) bond motifs is 1. The van der Waals surface area contributed by atoms with Gasteiger partial charge in [-0.3, -0.25) is 0 Å². The number of quaternary nitrogens is 1. The standard InChI is InChI=1S/C23H34N4O2S/c1-3-29-23(28)20-17(2)19-21(27-14-10-6-7-11-15-27)24-18(25-22(19)30-20)16-26-12-8-4-5-9-13-26/h3-16H2,1-2H3/p+1. The molecule has 0 amide bonds. The van der Waals surface area contributed by atoms with Gasteiger partial charge in [-0.05, 0) is 57.9 Å². The van der Waals surface area contributed by atoms with Gasteiger partial charge < -0.3 is 14.5 Å². The first-order chi connectivity index (χ1) is 14.7. The van der Waals surface area contributed by atoms with E-state index in [4.69, 9.17) is 14.7 Å².